The summed E-state index contributed by atoms with van der Waals surface area (Å²) in [6.45, 7) is 0. The highest BCUT2D eigenvalue weighted by atomic mass is 32.2. The van der Waals surface area contributed by atoms with E-state index in [4.69, 9.17) is 10.6 Å². The lowest BCUT2D eigenvalue weighted by Crippen LogP contribution is -2.71. The molecule has 18 heteroatoms. The number of hydrogen-bond donors (Lipinski definition) is 4. The number of H-pyrrole nitrogens is 1. The van der Waals surface area contributed by atoms with Crippen molar-refractivity contribution in [1.82, 2.24) is 40.2 Å². The Labute approximate surface area is 215 Å². The van der Waals surface area contributed by atoms with E-state index in [0.717, 1.165) is 24.4 Å². The van der Waals surface area contributed by atoms with Crippen LogP contribution in [0.2, 0.25) is 0 Å². The first-order chi connectivity index (χ1) is 17.4. The van der Waals surface area contributed by atoms with E-state index >= 15 is 0 Å². The fraction of sp³-hybridized carbons (Fsp3) is 0.389. The van der Waals surface area contributed by atoms with E-state index in [9.17, 15) is 19.5 Å². The molecule has 0 spiro atoms. The van der Waals surface area contributed by atoms with Gasteiger partial charge >= 0.3 is 5.97 Å². The Balaban J connectivity index is 1.31. The number of carboxylic acid groups (broad SMARTS) is 1. The van der Waals surface area contributed by atoms with Crippen LogP contribution in [-0.2, 0) is 19.2 Å². The van der Waals surface area contributed by atoms with Crippen molar-refractivity contribution < 1.29 is 24.3 Å². The second-order valence-electron chi connectivity index (χ2n) is 7.65. The third kappa shape index (κ3) is 4.78. The van der Waals surface area contributed by atoms with Gasteiger partial charge in [-0.05, 0) is 29.7 Å². The topological polar surface area (TPSA) is 215 Å². The van der Waals surface area contributed by atoms with Gasteiger partial charge in [0, 0.05) is 23.0 Å². The molecule has 15 nitrogen and oxygen atoms in total. The highest BCUT2D eigenvalue weighted by Crippen LogP contribution is 2.41. The first-order valence-corrected chi connectivity index (χ1v) is 13.3. The summed E-state index contributed by atoms with van der Waals surface area (Å²) < 4.78 is 4.03. The van der Waals surface area contributed by atoms with Crippen LogP contribution < -0.4 is 11.1 Å². The molecule has 0 aromatic carbocycles. The molecular formula is C18H18N10O5S3. The predicted octanol–water partition coefficient (Wildman–Crippen LogP) is -0.396. The van der Waals surface area contributed by atoms with Crippen molar-refractivity contribution >= 4 is 63.7 Å². The summed E-state index contributed by atoms with van der Waals surface area (Å²) in [7, 11) is 0. The van der Waals surface area contributed by atoms with Gasteiger partial charge in [-0.25, -0.2) is 4.79 Å². The van der Waals surface area contributed by atoms with E-state index < -0.39 is 29.2 Å². The number of carboxylic acids is 1. The van der Waals surface area contributed by atoms with Gasteiger partial charge in [0.2, 0.25) is 16.7 Å². The van der Waals surface area contributed by atoms with Crippen molar-refractivity contribution in [2.75, 3.05) is 17.2 Å². The van der Waals surface area contributed by atoms with Crippen molar-refractivity contribution in [3.05, 3.63) is 29.2 Å². The molecule has 2 aromatic heterocycles. The van der Waals surface area contributed by atoms with E-state index in [-0.39, 0.29) is 34.2 Å². The molecule has 3 aliphatic rings. The Morgan fingerprint density at radius 3 is 2.97 bits per heavy atom. The molecule has 2 aromatic rings. The molecule has 5 rings (SSSR count). The Morgan fingerprint density at radius 2 is 2.31 bits per heavy atom. The van der Waals surface area contributed by atoms with Gasteiger partial charge in [-0.1, -0.05) is 23.0 Å². The van der Waals surface area contributed by atoms with Gasteiger partial charge in [0.15, 0.2) is 5.13 Å². The van der Waals surface area contributed by atoms with Crippen LogP contribution in [0.4, 0.5) is 5.13 Å². The van der Waals surface area contributed by atoms with Gasteiger partial charge in [0.25, 0.3) is 11.8 Å². The molecule has 1 saturated heterocycles. The van der Waals surface area contributed by atoms with E-state index in [1.807, 2.05) is 12.2 Å². The first-order valence-electron chi connectivity index (χ1n) is 10.5. The minimum Gasteiger partial charge on any atom is -0.477 e. The lowest BCUT2D eigenvalue weighted by molar-refractivity contribution is -0.150. The second-order valence-corrected chi connectivity index (χ2v) is 10.5. The number of fused-ring (bicyclic) bond motifs is 1. The largest absolute Gasteiger partial charge is 0.477 e. The molecule has 1 aliphatic carbocycles. The normalized spacial score (nSPS) is 23.4. The predicted molar refractivity (Wildman–Crippen MR) is 129 cm³/mol. The molecule has 5 N–H and O–H groups in total. The Bertz CT molecular complexity index is 1280. The average molecular weight is 551 g/mol. The monoisotopic (exact) mass is 550 g/mol. The van der Waals surface area contributed by atoms with Gasteiger partial charge in [0.1, 0.15) is 23.2 Å². The quantitative estimate of drug-likeness (QED) is 0.103. The highest BCUT2D eigenvalue weighted by Gasteiger charge is 2.54. The maximum Gasteiger partial charge on any atom is 0.352 e. The fourth-order valence-electron chi connectivity index (χ4n) is 3.70. The number of amides is 2. The number of hydrogen-bond acceptors (Lipinski definition) is 14. The molecule has 2 aliphatic heterocycles. The van der Waals surface area contributed by atoms with Crippen LogP contribution in [0.3, 0.4) is 0 Å². The SMILES string of the molecule is Nc1nc(C(=NOC2C=CCC2)C(=O)NC2C(=O)N3C(C(=O)O)=C(CSc4nn[nH]n4)CS[C@H]23)ns1. The first kappa shape index (κ1) is 24.2. The maximum atomic E-state index is 13.1. The number of nitrogens with zero attached hydrogens (tertiary/aromatic N) is 7. The lowest BCUT2D eigenvalue weighted by Gasteiger charge is -2.49. The molecule has 36 heavy (non-hydrogen) atoms. The van der Waals surface area contributed by atoms with E-state index in [0.29, 0.717) is 16.5 Å². The minimum atomic E-state index is -1.23. The third-order valence-corrected chi connectivity index (χ3v) is 8.16. The molecule has 188 valence electrons. The number of oxime groups is 1. The fourth-order valence-corrected chi connectivity index (χ4v) is 6.35. The minimum absolute atomic E-state index is 0.0243. The average Bonchev–Trinajstić information content (AvgIpc) is 3.64. The van der Waals surface area contributed by atoms with Crippen LogP contribution in [0.1, 0.15) is 18.7 Å². The lowest BCUT2D eigenvalue weighted by atomic mass is 10.0. The van der Waals surface area contributed by atoms with Crippen molar-refractivity contribution in [2.45, 2.75) is 35.5 Å². The third-order valence-electron chi connectivity index (χ3n) is 5.35. The number of carbonyl (C=O) groups excluding carboxylic acids is 2. The van der Waals surface area contributed by atoms with Crippen molar-refractivity contribution in [1.29, 1.82) is 0 Å². The molecule has 1 fully saturated rings. The second kappa shape index (κ2) is 10.2. The molecule has 2 unspecified atom stereocenters. The number of nitrogen functional groups attached to an aromatic ring is 1. The Hall–Kier alpha value is -3.51. The maximum absolute atomic E-state index is 13.1. The highest BCUT2D eigenvalue weighted by molar-refractivity contribution is 8.01. The van der Waals surface area contributed by atoms with Gasteiger partial charge in [-0.15, -0.1) is 22.0 Å². The zero-order valence-electron chi connectivity index (χ0n) is 18.2. The molecule has 2 amide bonds. The summed E-state index contributed by atoms with van der Waals surface area (Å²) >= 11 is 3.43. The molecule has 4 heterocycles. The number of nitrogens with one attached hydrogen (secondary N) is 2. The van der Waals surface area contributed by atoms with Gasteiger partial charge in [0.05, 0.1) is 0 Å². The number of aromatic nitrogens is 6. The van der Waals surface area contributed by atoms with Crippen LogP contribution in [0.5, 0.6) is 0 Å². The summed E-state index contributed by atoms with van der Waals surface area (Å²) in [4.78, 5) is 48.8. The van der Waals surface area contributed by atoms with E-state index in [1.165, 1.54) is 28.4 Å². The van der Waals surface area contributed by atoms with E-state index in [2.05, 4.69) is 40.5 Å². The zero-order valence-corrected chi connectivity index (χ0v) is 20.7. The van der Waals surface area contributed by atoms with Crippen molar-refractivity contribution in [2.24, 2.45) is 5.16 Å². The number of β-lactam (4-membered cyclic amide) rings is 1. The summed E-state index contributed by atoms with van der Waals surface area (Å²) in [6.07, 6.45) is 5.05. The number of tetrazole rings is 1. The van der Waals surface area contributed by atoms with Crippen LogP contribution in [0, 0.1) is 0 Å². The summed E-state index contributed by atoms with van der Waals surface area (Å²) in [5, 5.41) is 29.7. The molecule has 0 bridgehead atoms. The van der Waals surface area contributed by atoms with Gasteiger partial charge in [-0.3, -0.25) is 14.5 Å². The number of anilines is 1. The zero-order chi connectivity index (χ0) is 25.2. The number of aromatic amines is 1. The van der Waals surface area contributed by atoms with Gasteiger partial charge in [-0.2, -0.15) is 14.6 Å². The summed E-state index contributed by atoms with van der Waals surface area (Å²) in [5.74, 6) is -1.93. The molecular weight excluding hydrogens is 532 g/mol. The number of nitrogens with two attached hydrogens (primary N) is 1. The molecule has 0 saturated carbocycles. The number of aliphatic carboxylic acids is 1. The number of carbonyl (C=O) groups is 3. The van der Waals surface area contributed by atoms with Gasteiger partial charge < -0.3 is 21.0 Å². The standard InChI is InChI=1S/C18H18N10O5S3/c19-17-21-12(25-36-17)9(24-33-8-3-1-2-4-8)13(29)20-10-14(30)28-11(16(31)32)7(5-34-15(10)28)6-35-18-22-26-27-23-18/h1,3,8,10,15H,2,4-6H2,(H,20,29)(H,31,32)(H2,19,21,25)(H,22,23,26,27)/t8?,10?,15-/m1/s1. The van der Waals surface area contributed by atoms with Crippen molar-refractivity contribution in [3.63, 3.8) is 0 Å². The van der Waals surface area contributed by atoms with Crippen LogP contribution >= 0.6 is 35.1 Å². The smallest absolute Gasteiger partial charge is 0.352 e. The van der Waals surface area contributed by atoms with Crippen LogP contribution in [0.15, 0.2) is 33.7 Å². The summed E-state index contributed by atoms with van der Waals surface area (Å²) in [6, 6.07) is -0.962. The van der Waals surface area contributed by atoms with Crippen LogP contribution in [-0.4, -0.2) is 92.5 Å². The van der Waals surface area contributed by atoms with Crippen LogP contribution in [0.25, 0.3) is 0 Å². The number of thioether (sulfide) groups is 2. The number of allylic oxidation sites excluding steroid dienone is 1. The Kier molecular flexibility index (Phi) is 6.88. The van der Waals surface area contributed by atoms with Crippen molar-refractivity contribution in [3.8, 4) is 0 Å². The van der Waals surface area contributed by atoms with E-state index in [1.54, 1.807) is 0 Å². The molecule has 0 radical (unpaired) electrons. The molecule has 3 atom stereocenters. The number of rotatable bonds is 9. The summed E-state index contributed by atoms with van der Waals surface area (Å²) in [5.41, 5.74) is 5.87. The Morgan fingerprint density at radius 1 is 1.44 bits per heavy atom.